The first-order chi connectivity index (χ1) is 9.59. The lowest BCUT2D eigenvalue weighted by Crippen LogP contribution is -2.44. The second kappa shape index (κ2) is 5.19. The van der Waals surface area contributed by atoms with Crippen molar-refractivity contribution in [3.8, 4) is 0 Å². The maximum Gasteiger partial charge on any atom is 0.233 e. The molecule has 3 fully saturated rings. The lowest BCUT2D eigenvalue weighted by atomic mass is 9.81. The van der Waals surface area contributed by atoms with Gasteiger partial charge in [-0.05, 0) is 44.4 Å². The Morgan fingerprint density at radius 1 is 0.900 bits per heavy atom. The van der Waals surface area contributed by atoms with Crippen LogP contribution in [0.2, 0.25) is 0 Å². The van der Waals surface area contributed by atoms with Gasteiger partial charge in [-0.15, -0.1) is 0 Å². The van der Waals surface area contributed by atoms with Gasteiger partial charge in [-0.3, -0.25) is 14.5 Å². The first-order valence-electron chi connectivity index (χ1n) is 7.67. The minimum Gasteiger partial charge on any atom is -0.550 e. The monoisotopic (exact) mass is 278 g/mol. The molecule has 0 N–H and O–H groups in total. The molecule has 0 aromatic carbocycles. The molecular weight excluding hydrogens is 258 g/mol. The number of amides is 2. The number of fused-ring (bicyclic) bond motifs is 1. The third-order valence-electron chi connectivity index (χ3n) is 5.27. The van der Waals surface area contributed by atoms with Gasteiger partial charge in [0.05, 0.1) is 11.8 Å². The van der Waals surface area contributed by atoms with Crippen LogP contribution in [0.3, 0.4) is 0 Å². The van der Waals surface area contributed by atoms with Gasteiger partial charge in [-0.1, -0.05) is 12.8 Å². The van der Waals surface area contributed by atoms with Gasteiger partial charge >= 0.3 is 0 Å². The predicted molar refractivity (Wildman–Crippen MR) is 68.1 cm³/mol. The van der Waals surface area contributed by atoms with Crippen molar-refractivity contribution in [1.29, 1.82) is 0 Å². The van der Waals surface area contributed by atoms with E-state index in [1.165, 1.54) is 4.90 Å². The number of hydrogen-bond acceptors (Lipinski definition) is 4. The van der Waals surface area contributed by atoms with Crippen LogP contribution in [-0.4, -0.2) is 28.7 Å². The first-order valence-corrected chi connectivity index (χ1v) is 7.67. The van der Waals surface area contributed by atoms with Crippen LogP contribution in [0.5, 0.6) is 0 Å². The summed E-state index contributed by atoms with van der Waals surface area (Å²) in [6.45, 7) is 0. The van der Waals surface area contributed by atoms with Crippen LogP contribution in [0.4, 0.5) is 0 Å². The van der Waals surface area contributed by atoms with Crippen molar-refractivity contribution in [2.45, 2.75) is 57.4 Å². The zero-order valence-corrected chi connectivity index (χ0v) is 11.5. The topological polar surface area (TPSA) is 77.5 Å². The molecule has 0 unspecified atom stereocenters. The third kappa shape index (κ3) is 2.13. The van der Waals surface area contributed by atoms with E-state index in [1.54, 1.807) is 0 Å². The van der Waals surface area contributed by atoms with Gasteiger partial charge in [-0.2, -0.15) is 0 Å². The molecule has 3 rings (SSSR count). The molecule has 0 radical (unpaired) electrons. The Hall–Kier alpha value is -1.39. The highest BCUT2D eigenvalue weighted by atomic mass is 16.4. The Balaban J connectivity index is 1.70. The maximum atomic E-state index is 12.4. The van der Waals surface area contributed by atoms with Gasteiger partial charge in [0.15, 0.2) is 0 Å². The van der Waals surface area contributed by atoms with E-state index in [2.05, 4.69) is 0 Å². The predicted octanol–water partition coefficient (Wildman–Crippen LogP) is 0.470. The Morgan fingerprint density at radius 3 is 1.85 bits per heavy atom. The van der Waals surface area contributed by atoms with Gasteiger partial charge in [0.25, 0.3) is 0 Å². The SMILES string of the molecule is O=C([O-])C1CCC(N2C(=O)[C@H]3CCCC[C@H]3C2=O)CC1. The third-order valence-corrected chi connectivity index (χ3v) is 5.27. The number of carbonyl (C=O) groups excluding carboxylic acids is 3. The van der Waals surface area contributed by atoms with E-state index in [0.29, 0.717) is 25.7 Å². The number of carboxylic acids is 1. The number of carbonyl (C=O) groups is 3. The summed E-state index contributed by atoms with van der Waals surface area (Å²) in [5.41, 5.74) is 0. The number of likely N-dealkylation sites (tertiary alicyclic amines) is 1. The Labute approximate surface area is 118 Å². The minimum absolute atomic E-state index is 0.00315. The Bertz CT molecular complexity index is 415. The van der Waals surface area contributed by atoms with Gasteiger partial charge in [0.2, 0.25) is 11.8 Å². The summed E-state index contributed by atoms with van der Waals surface area (Å²) < 4.78 is 0. The van der Waals surface area contributed by atoms with E-state index in [0.717, 1.165) is 25.7 Å². The molecule has 110 valence electrons. The second-order valence-electron chi connectivity index (χ2n) is 6.37. The van der Waals surface area contributed by atoms with Crippen LogP contribution in [0.15, 0.2) is 0 Å². The average molecular weight is 278 g/mol. The molecule has 1 saturated heterocycles. The molecule has 2 atom stereocenters. The quantitative estimate of drug-likeness (QED) is 0.688. The van der Waals surface area contributed by atoms with Crippen molar-refractivity contribution in [3.63, 3.8) is 0 Å². The van der Waals surface area contributed by atoms with Crippen LogP contribution in [0.1, 0.15) is 51.4 Å². The van der Waals surface area contributed by atoms with Crippen LogP contribution in [0.25, 0.3) is 0 Å². The van der Waals surface area contributed by atoms with Crippen LogP contribution in [0, 0.1) is 17.8 Å². The molecule has 0 aromatic heterocycles. The lowest BCUT2D eigenvalue weighted by molar-refractivity contribution is -0.312. The highest BCUT2D eigenvalue weighted by molar-refractivity contribution is 6.05. The molecular formula is C15H20NO4-. The summed E-state index contributed by atoms with van der Waals surface area (Å²) in [6, 6.07) is -0.0869. The fraction of sp³-hybridized carbons (Fsp3) is 0.800. The van der Waals surface area contributed by atoms with E-state index in [9.17, 15) is 19.5 Å². The zero-order valence-electron chi connectivity index (χ0n) is 11.5. The van der Waals surface area contributed by atoms with Crippen molar-refractivity contribution in [2.24, 2.45) is 17.8 Å². The molecule has 1 heterocycles. The second-order valence-corrected chi connectivity index (χ2v) is 6.37. The number of rotatable bonds is 2. The maximum absolute atomic E-state index is 12.4. The molecule has 2 aliphatic carbocycles. The van der Waals surface area contributed by atoms with Gasteiger partial charge < -0.3 is 9.90 Å². The summed E-state index contributed by atoms with van der Waals surface area (Å²) in [4.78, 5) is 37.2. The fourth-order valence-corrected chi connectivity index (χ4v) is 4.12. The standard InChI is InChI=1S/C15H21NO4/c17-13-11-3-1-2-4-12(11)14(18)16(13)10-7-5-9(6-8-10)15(19)20/h9-12H,1-8H2,(H,19,20)/p-1/t9?,10?,11-,12+. The summed E-state index contributed by atoms with van der Waals surface area (Å²) in [5, 5.41) is 10.9. The lowest BCUT2D eigenvalue weighted by Gasteiger charge is -2.34. The van der Waals surface area contributed by atoms with Crippen LogP contribution in [-0.2, 0) is 14.4 Å². The van der Waals surface area contributed by atoms with Crippen molar-refractivity contribution in [1.82, 2.24) is 4.90 Å². The Kier molecular flexibility index (Phi) is 3.52. The summed E-state index contributed by atoms with van der Waals surface area (Å²) in [5.74, 6) is -1.63. The molecule has 1 aliphatic heterocycles. The molecule has 2 amide bonds. The highest BCUT2D eigenvalue weighted by Gasteiger charge is 2.50. The molecule has 0 spiro atoms. The van der Waals surface area contributed by atoms with Crippen molar-refractivity contribution in [3.05, 3.63) is 0 Å². The number of aliphatic carboxylic acids is 1. The summed E-state index contributed by atoms with van der Waals surface area (Å²) in [7, 11) is 0. The van der Waals surface area contributed by atoms with E-state index < -0.39 is 11.9 Å². The molecule has 2 saturated carbocycles. The average Bonchev–Trinajstić information content (AvgIpc) is 2.72. The van der Waals surface area contributed by atoms with E-state index in [4.69, 9.17) is 0 Å². The van der Waals surface area contributed by atoms with Gasteiger partial charge in [-0.25, -0.2) is 0 Å². The number of carboxylic acid groups (broad SMARTS) is 1. The van der Waals surface area contributed by atoms with Crippen LogP contribution < -0.4 is 5.11 Å². The fourth-order valence-electron chi connectivity index (χ4n) is 4.12. The van der Waals surface area contributed by atoms with Gasteiger partial charge in [0.1, 0.15) is 0 Å². The molecule has 5 heteroatoms. The zero-order chi connectivity index (χ0) is 14.3. The van der Waals surface area contributed by atoms with Crippen molar-refractivity contribution >= 4 is 17.8 Å². The van der Waals surface area contributed by atoms with E-state index >= 15 is 0 Å². The molecule has 3 aliphatic rings. The smallest absolute Gasteiger partial charge is 0.233 e. The van der Waals surface area contributed by atoms with Crippen molar-refractivity contribution < 1.29 is 19.5 Å². The highest BCUT2D eigenvalue weighted by Crippen LogP contribution is 2.41. The number of nitrogens with zero attached hydrogens (tertiary/aromatic N) is 1. The molecule has 20 heavy (non-hydrogen) atoms. The normalized spacial score (nSPS) is 37.9. The van der Waals surface area contributed by atoms with E-state index in [1.807, 2.05) is 0 Å². The Morgan fingerprint density at radius 2 is 1.40 bits per heavy atom. The van der Waals surface area contributed by atoms with E-state index in [-0.39, 0.29) is 29.7 Å². The minimum atomic E-state index is -1.00. The molecule has 0 aromatic rings. The van der Waals surface area contributed by atoms with Crippen LogP contribution >= 0.6 is 0 Å². The largest absolute Gasteiger partial charge is 0.550 e. The molecule has 0 bridgehead atoms. The van der Waals surface area contributed by atoms with Crippen molar-refractivity contribution in [2.75, 3.05) is 0 Å². The summed E-state index contributed by atoms with van der Waals surface area (Å²) in [6.07, 6.45) is 5.97. The number of hydrogen-bond donors (Lipinski definition) is 0. The molecule has 5 nitrogen and oxygen atoms in total. The van der Waals surface area contributed by atoms with Gasteiger partial charge in [0, 0.05) is 12.0 Å². The first kappa shape index (κ1) is 13.6. The summed E-state index contributed by atoms with van der Waals surface area (Å²) >= 11 is 0. The number of imide groups is 1.